The predicted octanol–water partition coefficient (Wildman–Crippen LogP) is 7.11. The molecule has 0 fully saturated rings. The third kappa shape index (κ3) is 8.90. The molecule has 0 amide bonds. The maximum absolute atomic E-state index is 12.1. The molecule has 0 radical (unpaired) electrons. The van der Waals surface area contributed by atoms with Gasteiger partial charge in [0, 0.05) is 17.5 Å². The highest BCUT2D eigenvalue weighted by Crippen LogP contribution is 2.42. The van der Waals surface area contributed by atoms with Crippen LogP contribution >= 0.6 is 0 Å². The summed E-state index contributed by atoms with van der Waals surface area (Å²) in [5.41, 5.74) is 3.30. The number of carbonyl (C=O) groups is 2. The molecule has 0 aliphatic carbocycles. The summed E-state index contributed by atoms with van der Waals surface area (Å²) in [6.07, 6.45) is 15.8. The van der Waals surface area contributed by atoms with Gasteiger partial charge < -0.3 is 19.3 Å². The lowest BCUT2D eigenvalue weighted by atomic mass is 9.94. The molecule has 1 aliphatic rings. The molecule has 0 unspecified atom stereocenters. The van der Waals surface area contributed by atoms with Gasteiger partial charge in [0.2, 0.25) is 0 Å². The van der Waals surface area contributed by atoms with Gasteiger partial charge in [-0.2, -0.15) is 0 Å². The van der Waals surface area contributed by atoms with Gasteiger partial charge in [-0.15, -0.1) is 0 Å². The van der Waals surface area contributed by atoms with Crippen molar-refractivity contribution >= 4 is 11.9 Å². The van der Waals surface area contributed by atoms with Crippen molar-refractivity contribution in [1.82, 2.24) is 0 Å². The Morgan fingerprint density at radius 3 is 2.29 bits per heavy atom. The first-order chi connectivity index (χ1) is 16.9. The number of ether oxygens (including phenoxy) is 3. The van der Waals surface area contributed by atoms with E-state index in [1.54, 1.807) is 7.11 Å². The number of rotatable bonds is 17. The molecule has 0 aromatic heterocycles. The largest absolute Gasteiger partial charge is 0.507 e. The normalized spacial score (nSPS) is 13.0. The standard InChI is InChI=1S/C29H44O6/c1-5-6-7-8-9-10-11-12-13-14-19-34-25(30)18-16-21(2)15-17-23-27(31)26-24(20-35-29(26)32)22(3)28(23)33-4/h15,31H,5-14,16-20H2,1-4H3/b21-15+. The van der Waals surface area contributed by atoms with E-state index < -0.39 is 5.97 Å². The molecular formula is C29H44O6. The van der Waals surface area contributed by atoms with Crippen LogP contribution < -0.4 is 4.74 Å². The summed E-state index contributed by atoms with van der Waals surface area (Å²) in [6, 6.07) is 0. The van der Waals surface area contributed by atoms with Crippen LogP contribution in [-0.2, 0) is 27.3 Å². The van der Waals surface area contributed by atoms with Gasteiger partial charge in [-0.1, -0.05) is 76.4 Å². The van der Waals surface area contributed by atoms with E-state index in [4.69, 9.17) is 14.2 Å². The first-order valence-electron chi connectivity index (χ1n) is 13.3. The lowest BCUT2D eigenvalue weighted by molar-refractivity contribution is -0.143. The van der Waals surface area contributed by atoms with E-state index in [1.165, 1.54) is 51.4 Å². The Hall–Kier alpha value is -2.50. The van der Waals surface area contributed by atoms with Crippen molar-refractivity contribution in [3.63, 3.8) is 0 Å². The van der Waals surface area contributed by atoms with Crippen LogP contribution in [0.25, 0.3) is 0 Å². The molecule has 0 saturated heterocycles. The smallest absolute Gasteiger partial charge is 0.342 e. The lowest BCUT2D eigenvalue weighted by Crippen LogP contribution is -2.06. The third-order valence-electron chi connectivity index (χ3n) is 6.79. The van der Waals surface area contributed by atoms with Gasteiger partial charge in [-0.3, -0.25) is 4.79 Å². The topological polar surface area (TPSA) is 82.1 Å². The number of fused-ring (bicyclic) bond motifs is 1. The lowest BCUT2D eigenvalue weighted by Gasteiger charge is -2.15. The first kappa shape index (κ1) is 28.7. The van der Waals surface area contributed by atoms with Crippen molar-refractivity contribution in [2.45, 2.75) is 111 Å². The number of benzene rings is 1. The number of hydrogen-bond acceptors (Lipinski definition) is 6. The number of allylic oxidation sites excluding steroid dienone is 2. The summed E-state index contributed by atoms with van der Waals surface area (Å²) in [7, 11) is 1.55. The fourth-order valence-electron chi connectivity index (χ4n) is 4.55. The van der Waals surface area contributed by atoms with Crippen LogP contribution in [0.2, 0.25) is 0 Å². The molecule has 2 rings (SSSR count). The molecule has 1 heterocycles. The number of phenols is 1. The van der Waals surface area contributed by atoms with E-state index in [9.17, 15) is 14.7 Å². The molecule has 1 aliphatic heterocycles. The maximum atomic E-state index is 12.1. The Morgan fingerprint density at radius 1 is 1.03 bits per heavy atom. The highest BCUT2D eigenvalue weighted by Gasteiger charge is 2.31. The summed E-state index contributed by atoms with van der Waals surface area (Å²) in [6.45, 7) is 6.71. The molecular weight excluding hydrogens is 444 g/mol. The van der Waals surface area contributed by atoms with Crippen LogP contribution in [0.3, 0.4) is 0 Å². The molecule has 1 aromatic carbocycles. The average molecular weight is 489 g/mol. The van der Waals surface area contributed by atoms with Crippen LogP contribution in [0.1, 0.15) is 118 Å². The predicted molar refractivity (Wildman–Crippen MR) is 138 cm³/mol. The van der Waals surface area contributed by atoms with Gasteiger partial charge in [0.1, 0.15) is 23.7 Å². The van der Waals surface area contributed by atoms with E-state index in [2.05, 4.69) is 6.92 Å². The highest BCUT2D eigenvalue weighted by atomic mass is 16.5. The van der Waals surface area contributed by atoms with Crippen molar-refractivity contribution in [2.75, 3.05) is 13.7 Å². The third-order valence-corrected chi connectivity index (χ3v) is 6.79. The van der Waals surface area contributed by atoms with Crippen molar-refractivity contribution in [1.29, 1.82) is 0 Å². The van der Waals surface area contributed by atoms with Gasteiger partial charge >= 0.3 is 11.9 Å². The van der Waals surface area contributed by atoms with Gasteiger partial charge in [0.05, 0.1) is 13.7 Å². The van der Waals surface area contributed by atoms with Gasteiger partial charge in [-0.05, 0) is 38.7 Å². The fourth-order valence-corrected chi connectivity index (χ4v) is 4.55. The number of aromatic hydroxyl groups is 1. The van der Waals surface area contributed by atoms with Crippen LogP contribution in [0, 0.1) is 6.92 Å². The number of carbonyl (C=O) groups excluding carboxylic acids is 2. The molecule has 0 saturated carbocycles. The molecule has 6 nitrogen and oxygen atoms in total. The van der Waals surface area contributed by atoms with Gasteiger partial charge in [0.15, 0.2) is 0 Å². The summed E-state index contributed by atoms with van der Waals surface area (Å²) in [4.78, 5) is 24.1. The summed E-state index contributed by atoms with van der Waals surface area (Å²) in [5, 5.41) is 10.7. The number of esters is 2. The van der Waals surface area contributed by atoms with Crippen molar-refractivity contribution in [3.8, 4) is 11.5 Å². The zero-order valence-electron chi connectivity index (χ0n) is 22.2. The molecule has 35 heavy (non-hydrogen) atoms. The van der Waals surface area contributed by atoms with E-state index in [-0.39, 0.29) is 23.9 Å². The zero-order chi connectivity index (χ0) is 25.6. The average Bonchev–Trinajstić information content (AvgIpc) is 3.24. The van der Waals surface area contributed by atoms with Gasteiger partial charge in [-0.25, -0.2) is 4.79 Å². The number of hydrogen-bond donors (Lipinski definition) is 1. The Labute approximate surface area is 211 Å². The van der Waals surface area contributed by atoms with E-state index in [0.29, 0.717) is 42.7 Å². The minimum atomic E-state index is -0.504. The van der Waals surface area contributed by atoms with E-state index in [0.717, 1.165) is 24.0 Å². The number of phenolic OH excluding ortho intramolecular Hbond substituents is 1. The fraction of sp³-hybridized carbons (Fsp3) is 0.655. The van der Waals surface area contributed by atoms with Crippen molar-refractivity contribution in [3.05, 3.63) is 33.9 Å². The minimum absolute atomic E-state index is 0.0788. The minimum Gasteiger partial charge on any atom is -0.507 e. The molecule has 0 bridgehead atoms. The van der Waals surface area contributed by atoms with Crippen LogP contribution in [0.4, 0.5) is 0 Å². The Morgan fingerprint density at radius 2 is 1.66 bits per heavy atom. The molecule has 6 heteroatoms. The second-order valence-electron chi connectivity index (χ2n) is 9.57. The summed E-state index contributed by atoms with van der Waals surface area (Å²) < 4.78 is 16.0. The molecule has 196 valence electrons. The van der Waals surface area contributed by atoms with Crippen molar-refractivity contribution in [2.24, 2.45) is 0 Å². The highest BCUT2D eigenvalue weighted by molar-refractivity contribution is 5.98. The van der Waals surface area contributed by atoms with E-state index in [1.807, 2.05) is 19.9 Å². The number of methoxy groups -OCH3 is 1. The number of unbranched alkanes of at least 4 members (excludes halogenated alkanes) is 9. The second kappa shape index (κ2) is 15.5. The quantitative estimate of drug-likeness (QED) is 0.143. The first-order valence-corrected chi connectivity index (χ1v) is 13.3. The van der Waals surface area contributed by atoms with Crippen LogP contribution in [0.5, 0.6) is 11.5 Å². The second-order valence-corrected chi connectivity index (χ2v) is 9.57. The summed E-state index contributed by atoms with van der Waals surface area (Å²) in [5.74, 6) is -0.190. The van der Waals surface area contributed by atoms with Crippen molar-refractivity contribution < 1.29 is 28.9 Å². The Balaban J connectivity index is 1.68. The maximum Gasteiger partial charge on any atom is 0.342 e. The van der Waals surface area contributed by atoms with Crippen LogP contribution in [-0.4, -0.2) is 30.8 Å². The summed E-state index contributed by atoms with van der Waals surface area (Å²) >= 11 is 0. The van der Waals surface area contributed by atoms with Crippen LogP contribution in [0.15, 0.2) is 11.6 Å². The molecule has 0 atom stereocenters. The molecule has 0 spiro atoms. The monoisotopic (exact) mass is 488 g/mol. The number of cyclic esters (lactones) is 1. The zero-order valence-corrected chi connectivity index (χ0v) is 22.2. The SMILES string of the molecule is CCCCCCCCCCCCOC(=O)CC/C(C)=C/Cc1c(O)c2c(c(C)c1OC)COC2=O. The Kier molecular flexibility index (Phi) is 12.7. The van der Waals surface area contributed by atoms with E-state index >= 15 is 0 Å². The molecule has 1 aromatic rings. The Bertz CT molecular complexity index is 871. The molecule has 1 N–H and O–H groups in total. The van der Waals surface area contributed by atoms with Gasteiger partial charge in [0.25, 0.3) is 0 Å².